The zero-order valence-corrected chi connectivity index (χ0v) is 16.5. The van der Waals surface area contributed by atoms with Gasteiger partial charge in [-0.1, -0.05) is 6.07 Å². The van der Waals surface area contributed by atoms with Gasteiger partial charge in [0.15, 0.2) is 0 Å². The molecule has 1 aromatic heterocycles. The molecule has 1 fully saturated rings. The third kappa shape index (κ3) is 4.42. The molecule has 7 heteroatoms. The molecule has 27 heavy (non-hydrogen) atoms. The Labute approximate surface area is 161 Å². The average molecular weight is 371 g/mol. The minimum absolute atomic E-state index is 0.214. The zero-order chi connectivity index (χ0) is 19.2. The summed E-state index contributed by atoms with van der Waals surface area (Å²) < 4.78 is 7.42. The summed E-state index contributed by atoms with van der Waals surface area (Å²) in [6.07, 6.45) is 3.80. The Morgan fingerprint density at radius 1 is 1.19 bits per heavy atom. The standard InChI is InChI=1S/C20H29N5O2/c1-4-23(5-2)19(26)16-22-11-13-24(14-12-22)20-21-9-10-25(20)17-7-6-8-18(15-17)27-3/h6-10,15H,4-5,11-14,16H2,1-3H3. The zero-order valence-electron chi connectivity index (χ0n) is 16.5. The molecule has 3 rings (SSSR count). The molecule has 146 valence electrons. The lowest BCUT2D eigenvalue weighted by Gasteiger charge is -2.35. The number of hydrogen-bond acceptors (Lipinski definition) is 5. The van der Waals surface area contributed by atoms with E-state index >= 15 is 0 Å². The van der Waals surface area contributed by atoms with Crippen LogP contribution in [0.3, 0.4) is 0 Å². The second kappa shape index (κ2) is 8.90. The fraction of sp³-hybridized carbons (Fsp3) is 0.500. The summed E-state index contributed by atoms with van der Waals surface area (Å²) in [6.45, 7) is 9.52. The maximum atomic E-state index is 12.3. The maximum absolute atomic E-state index is 12.3. The molecule has 7 nitrogen and oxygen atoms in total. The molecule has 0 bridgehead atoms. The van der Waals surface area contributed by atoms with Crippen molar-refractivity contribution in [3.05, 3.63) is 36.7 Å². The van der Waals surface area contributed by atoms with Crippen LogP contribution in [-0.2, 0) is 4.79 Å². The first-order chi connectivity index (χ1) is 13.2. The molecule has 2 aromatic rings. The van der Waals surface area contributed by atoms with Gasteiger partial charge in [-0.3, -0.25) is 14.3 Å². The number of ether oxygens (including phenoxy) is 1. The number of amides is 1. The Balaban J connectivity index is 1.64. The van der Waals surface area contributed by atoms with Crippen LogP contribution in [0.4, 0.5) is 5.95 Å². The fourth-order valence-corrected chi connectivity index (χ4v) is 3.46. The van der Waals surface area contributed by atoms with E-state index in [1.165, 1.54) is 0 Å². The summed E-state index contributed by atoms with van der Waals surface area (Å²) in [5.41, 5.74) is 1.03. The predicted molar refractivity (Wildman–Crippen MR) is 107 cm³/mol. The van der Waals surface area contributed by atoms with E-state index in [2.05, 4.69) is 19.4 Å². The van der Waals surface area contributed by atoms with Crippen molar-refractivity contribution >= 4 is 11.9 Å². The van der Waals surface area contributed by atoms with Crippen LogP contribution in [0.1, 0.15) is 13.8 Å². The van der Waals surface area contributed by atoms with Gasteiger partial charge in [0, 0.05) is 57.7 Å². The summed E-state index contributed by atoms with van der Waals surface area (Å²) in [7, 11) is 1.67. The van der Waals surface area contributed by atoms with Gasteiger partial charge in [-0.15, -0.1) is 0 Å². The van der Waals surface area contributed by atoms with Gasteiger partial charge in [0.05, 0.1) is 19.3 Å². The van der Waals surface area contributed by atoms with Gasteiger partial charge >= 0.3 is 0 Å². The van der Waals surface area contributed by atoms with Crippen LogP contribution in [0.25, 0.3) is 5.69 Å². The van der Waals surface area contributed by atoms with Gasteiger partial charge in [0.25, 0.3) is 0 Å². The van der Waals surface area contributed by atoms with E-state index in [0.29, 0.717) is 6.54 Å². The number of methoxy groups -OCH3 is 1. The number of anilines is 1. The average Bonchev–Trinajstić information content (AvgIpc) is 3.19. The number of aromatic nitrogens is 2. The second-order valence-electron chi connectivity index (χ2n) is 6.63. The number of carbonyl (C=O) groups excluding carboxylic acids is 1. The van der Waals surface area contributed by atoms with E-state index in [1.807, 2.05) is 55.4 Å². The van der Waals surface area contributed by atoms with Crippen molar-refractivity contribution in [2.45, 2.75) is 13.8 Å². The Bertz CT molecular complexity index is 748. The molecule has 0 N–H and O–H groups in total. The van der Waals surface area contributed by atoms with Crippen LogP contribution in [0, 0.1) is 0 Å². The lowest BCUT2D eigenvalue weighted by atomic mass is 10.3. The lowest BCUT2D eigenvalue weighted by Crippen LogP contribution is -2.50. The Morgan fingerprint density at radius 2 is 1.93 bits per heavy atom. The summed E-state index contributed by atoms with van der Waals surface area (Å²) >= 11 is 0. The highest BCUT2D eigenvalue weighted by atomic mass is 16.5. The number of nitrogens with zero attached hydrogens (tertiary/aromatic N) is 5. The number of imidazole rings is 1. The topological polar surface area (TPSA) is 53.8 Å². The van der Waals surface area contributed by atoms with Crippen molar-refractivity contribution in [3.8, 4) is 11.4 Å². The van der Waals surface area contributed by atoms with E-state index < -0.39 is 0 Å². The van der Waals surface area contributed by atoms with Crippen LogP contribution < -0.4 is 9.64 Å². The molecule has 1 amide bonds. The molecule has 1 aliphatic rings. The third-order valence-electron chi connectivity index (χ3n) is 5.08. The van der Waals surface area contributed by atoms with Crippen LogP contribution in [0.5, 0.6) is 5.75 Å². The van der Waals surface area contributed by atoms with E-state index in [4.69, 9.17) is 4.74 Å². The minimum Gasteiger partial charge on any atom is -0.497 e. The smallest absolute Gasteiger partial charge is 0.236 e. The number of piperazine rings is 1. The monoisotopic (exact) mass is 371 g/mol. The summed E-state index contributed by atoms with van der Waals surface area (Å²) in [5, 5.41) is 0. The van der Waals surface area contributed by atoms with Crippen molar-refractivity contribution in [2.75, 3.05) is 57.8 Å². The summed E-state index contributed by atoms with van der Waals surface area (Å²) in [6, 6.07) is 7.97. The molecule has 0 atom stereocenters. The van der Waals surface area contributed by atoms with Crippen LogP contribution in [-0.4, -0.2) is 78.2 Å². The maximum Gasteiger partial charge on any atom is 0.236 e. The Hall–Kier alpha value is -2.54. The van der Waals surface area contributed by atoms with Crippen molar-refractivity contribution in [3.63, 3.8) is 0 Å². The van der Waals surface area contributed by atoms with Crippen LogP contribution >= 0.6 is 0 Å². The summed E-state index contributed by atoms with van der Waals surface area (Å²) in [5.74, 6) is 1.97. The number of rotatable bonds is 7. The van der Waals surface area contributed by atoms with E-state index in [-0.39, 0.29) is 5.91 Å². The quantitative estimate of drug-likeness (QED) is 0.744. The normalized spacial score (nSPS) is 15.0. The fourth-order valence-electron chi connectivity index (χ4n) is 3.46. The molecule has 1 aliphatic heterocycles. The molecule has 1 saturated heterocycles. The van der Waals surface area contributed by atoms with E-state index in [0.717, 1.165) is 56.7 Å². The van der Waals surface area contributed by atoms with Gasteiger partial charge in [-0.05, 0) is 26.0 Å². The van der Waals surface area contributed by atoms with E-state index in [9.17, 15) is 4.79 Å². The molecule has 0 unspecified atom stereocenters. The van der Waals surface area contributed by atoms with Crippen molar-refractivity contribution in [1.29, 1.82) is 0 Å². The summed E-state index contributed by atoms with van der Waals surface area (Å²) in [4.78, 5) is 23.3. The van der Waals surface area contributed by atoms with Crippen molar-refractivity contribution in [2.24, 2.45) is 0 Å². The second-order valence-corrected chi connectivity index (χ2v) is 6.63. The number of carbonyl (C=O) groups is 1. The minimum atomic E-state index is 0.214. The highest BCUT2D eigenvalue weighted by Gasteiger charge is 2.23. The molecular formula is C20H29N5O2. The van der Waals surface area contributed by atoms with E-state index in [1.54, 1.807) is 7.11 Å². The molecule has 0 saturated carbocycles. The third-order valence-corrected chi connectivity index (χ3v) is 5.08. The first-order valence-electron chi connectivity index (χ1n) is 9.59. The Kier molecular flexibility index (Phi) is 6.34. The number of benzene rings is 1. The molecule has 0 aliphatic carbocycles. The highest BCUT2D eigenvalue weighted by molar-refractivity contribution is 5.78. The highest BCUT2D eigenvalue weighted by Crippen LogP contribution is 2.22. The van der Waals surface area contributed by atoms with Crippen molar-refractivity contribution in [1.82, 2.24) is 19.4 Å². The van der Waals surface area contributed by atoms with Gasteiger partial charge < -0.3 is 14.5 Å². The lowest BCUT2D eigenvalue weighted by molar-refractivity contribution is -0.132. The van der Waals surface area contributed by atoms with Crippen LogP contribution in [0.2, 0.25) is 0 Å². The van der Waals surface area contributed by atoms with Crippen LogP contribution in [0.15, 0.2) is 36.7 Å². The predicted octanol–water partition coefficient (Wildman–Crippen LogP) is 1.87. The molecule has 0 radical (unpaired) electrons. The number of hydrogen-bond donors (Lipinski definition) is 0. The van der Waals surface area contributed by atoms with Gasteiger partial charge in [-0.25, -0.2) is 4.98 Å². The molecule has 2 heterocycles. The SMILES string of the molecule is CCN(CC)C(=O)CN1CCN(c2nccn2-c2cccc(OC)c2)CC1. The largest absolute Gasteiger partial charge is 0.497 e. The number of likely N-dealkylation sites (N-methyl/N-ethyl adjacent to an activating group) is 1. The first kappa shape index (κ1) is 19.2. The molecular weight excluding hydrogens is 342 g/mol. The van der Waals surface area contributed by atoms with Gasteiger partial charge in [0.1, 0.15) is 5.75 Å². The Morgan fingerprint density at radius 3 is 2.59 bits per heavy atom. The molecule has 0 spiro atoms. The van der Waals surface area contributed by atoms with Gasteiger partial charge in [0.2, 0.25) is 11.9 Å². The molecule has 1 aromatic carbocycles. The first-order valence-corrected chi connectivity index (χ1v) is 9.59. The van der Waals surface area contributed by atoms with Crippen molar-refractivity contribution < 1.29 is 9.53 Å². The van der Waals surface area contributed by atoms with Gasteiger partial charge in [-0.2, -0.15) is 0 Å².